The van der Waals surface area contributed by atoms with Crippen molar-refractivity contribution in [3.63, 3.8) is 0 Å². The first-order chi connectivity index (χ1) is 15.0. The summed E-state index contributed by atoms with van der Waals surface area (Å²) in [6.45, 7) is 0. The minimum Gasteiger partial charge on any atom is -0.425 e. The number of esters is 1. The number of benzene rings is 3. The normalized spacial score (nSPS) is 16.3. The minimum absolute atomic E-state index is 0.0268. The van der Waals surface area contributed by atoms with Gasteiger partial charge in [-0.15, -0.1) is 0 Å². The zero-order valence-electron chi connectivity index (χ0n) is 17.4. The lowest BCUT2D eigenvalue weighted by molar-refractivity contribution is -0.138. The van der Waals surface area contributed by atoms with E-state index < -0.39 is 17.8 Å². The van der Waals surface area contributed by atoms with E-state index in [1.807, 2.05) is 49.3 Å². The van der Waals surface area contributed by atoms with E-state index in [2.05, 4.69) is 0 Å². The molecule has 0 saturated carbocycles. The van der Waals surface area contributed by atoms with Gasteiger partial charge in [0.1, 0.15) is 11.7 Å². The van der Waals surface area contributed by atoms with E-state index in [4.69, 9.17) is 4.74 Å². The highest BCUT2D eigenvalue weighted by Gasteiger charge is 2.43. The zero-order chi connectivity index (χ0) is 22.0. The van der Waals surface area contributed by atoms with Crippen molar-refractivity contribution in [3.05, 3.63) is 95.6 Å². The van der Waals surface area contributed by atoms with E-state index in [1.165, 1.54) is 0 Å². The largest absolute Gasteiger partial charge is 0.425 e. The Kier molecular flexibility index (Phi) is 5.67. The van der Waals surface area contributed by atoms with Crippen molar-refractivity contribution >= 4 is 23.2 Å². The van der Waals surface area contributed by atoms with Gasteiger partial charge < -0.3 is 9.64 Å². The monoisotopic (exact) mass is 413 g/mol. The molecule has 2 unspecified atom stereocenters. The number of hydrogen-bond donors (Lipinski definition) is 0. The van der Waals surface area contributed by atoms with Gasteiger partial charge in [0, 0.05) is 37.7 Å². The van der Waals surface area contributed by atoms with E-state index in [-0.39, 0.29) is 23.7 Å². The van der Waals surface area contributed by atoms with Gasteiger partial charge in [-0.2, -0.15) is 0 Å². The molecule has 31 heavy (non-hydrogen) atoms. The first-order valence-corrected chi connectivity index (χ1v) is 10.2. The summed E-state index contributed by atoms with van der Waals surface area (Å²) in [5.41, 5.74) is 2.66. The fourth-order valence-corrected chi connectivity index (χ4v) is 3.94. The summed E-state index contributed by atoms with van der Waals surface area (Å²) in [6.07, 6.45) is 0.0268. The average Bonchev–Trinajstić information content (AvgIpc) is 2.79. The highest BCUT2D eigenvalue weighted by Crippen LogP contribution is 2.38. The Morgan fingerprint density at radius 2 is 1.55 bits per heavy atom. The quantitative estimate of drug-likeness (QED) is 0.257. The van der Waals surface area contributed by atoms with E-state index >= 15 is 0 Å². The van der Waals surface area contributed by atoms with Crippen molar-refractivity contribution in [1.29, 1.82) is 0 Å². The molecule has 5 heteroatoms. The molecule has 0 amide bonds. The second-order valence-electron chi connectivity index (χ2n) is 7.84. The Morgan fingerprint density at radius 3 is 2.23 bits per heavy atom. The lowest BCUT2D eigenvalue weighted by atomic mass is 9.76. The highest BCUT2D eigenvalue weighted by atomic mass is 16.5. The molecule has 0 aliphatic carbocycles. The number of nitrogens with zero attached hydrogens (tertiary/aromatic N) is 1. The van der Waals surface area contributed by atoms with Gasteiger partial charge in [0.25, 0.3) is 0 Å². The number of ether oxygens (including phenoxy) is 1. The fraction of sp³-hybridized carbons (Fsp3) is 0.192. The Labute approximate surface area is 181 Å². The maximum Gasteiger partial charge on any atom is 0.322 e. The summed E-state index contributed by atoms with van der Waals surface area (Å²) in [6, 6.07) is 23.2. The molecule has 0 fully saturated rings. The standard InChI is InChI=1S/C26H23NO4/c1-27(2)19-14-12-17(13-15-19)21(16-22(28)18-8-4-3-5-9-18)24-25(29)20-10-6-7-11-23(20)31-26(24)30/h3-15,21,24H,16H2,1-2H3. The topological polar surface area (TPSA) is 63.7 Å². The van der Waals surface area contributed by atoms with Crippen LogP contribution in [0.3, 0.4) is 0 Å². The van der Waals surface area contributed by atoms with E-state index in [0.717, 1.165) is 11.3 Å². The summed E-state index contributed by atoms with van der Waals surface area (Å²) >= 11 is 0. The molecule has 2 atom stereocenters. The number of anilines is 1. The van der Waals surface area contributed by atoms with Gasteiger partial charge in [0.05, 0.1) is 5.56 Å². The molecule has 1 heterocycles. The van der Waals surface area contributed by atoms with E-state index in [9.17, 15) is 14.4 Å². The van der Waals surface area contributed by atoms with Crippen molar-refractivity contribution in [3.8, 4) is 5.75 Å². The first-order valence-electron chi connectivity index (χ1n) is 10.2. The number of carbonyl (C=O) groups excluding carboxylic acids is 3. The van der Waals surface area contributed by atoms with Crippen LogP contribution in [0.1, 0.15) is 38.6 Å². The molecule has 0 radical (unpaired) electrons. The van der Waals surface area contributed by atoms with Crippen LogP contribution >= 0.6 is 0 Å². The van der Waals surface area contributed by atoms with E-state index in [0.29, 0.717) is 11.1 Å². The van der Waals surface area contributed by atoms with Crippen molar-refractivity contribution in [2.45, 2.75) is 12.3 Å². The molecule has 0 saturated heterocycles. The van der Waals surface area contributed by atoms with Crippen LogP contribution in [-0.2, 0) is 4.79 Å². The molecular weight excluding hydrogens is 390 g/mol. The van der Waals surface area contributed by atoms with Gasteiger partial charge in [-0.1, -0.05) is 54.6 Å². The van der Waals surface area contributed by atoms with Crippen LogP contribution in [0, 0.1) is 5.92 Å². The Bertz CT molecular complexity index is 1120. The van der Waals surface area contributed by atoms with Gasteiger partial charge in [0.2, 0.25) is 0 Å². The minimum atomic E-state index is -1.08. The van der Waals surface area contributed by atoms with Crippen LogP contribution in [0.2, 0.25) is 0 Å². The Hall–Kier alpha value is -3.73. The van der Waals surface area contributed by atoms with Crippen molar-refractivity contribution in [2.75, 3.05) is 19.0 Å². The maximum atomic E-state index is 13.3. The van der Waals surface area contributed by atoms with Crippen LogP contribution in [-0.4, -0.2) is 31.6 Å². The third-order valence-corrected chi connectivity index (χ3v) is 5.64. The van der Waals surface area contributed by atoms with E-state index in [1.54, 1.807) is 48.5 Å². The number of rotatable bonds is 6. The average molecular weight is 413 g/mol. The molecule has 156 valence electrons. The van der Waals surface area contributed by atoms with Crippen LogP contribution < -0.4 is 9.64 Å². The third-order valence-electron chi connectivity index (χ3n) is 5.64. The molecule has 5 nitrogen and oxygen atoms in total. The fourth-order valence-electron chi connectivity index (χ4n) is 3.94. The highest BCUT2D eigenvalue weighted by molar-refractivity contribution is 6.14. The van der Waals surface area contributed by atoms with Gasteiger partial charge in [0.15, 0.2) is 11.6 Å². The number of ketones is 2. The van der Waals surface area contributed by atoms with Crippen molar-refractivity contribution in [2.24, 2.45) is 5.92 Å². The van der Waals surface area contributed by atoms with Gasteiger partial charge >= 0.3 is 5.97 Å². The smallest absolute Gasteiger partial charge is 0.322 e. The van der Waals surface area contributed by atoms with Crippen LogP contribution in [0.15, 0.2) is 78.9 Å². The zero-order valence-corrected chi connectivity index (χ0v) is 17.4. The second-order valence-corrected chi connectivity index (χ2v) is 7.84. The number of carbonyl (C=O) groups is 3. The van der Waals surface area contributed by atoms with Crippen LogP contribution in [0.4, 0.5) is 5.69 Å². The van der Waals surface area contributed by atoms with Crippen LogP contribution in [0.5, 0.6) is 5.75 Å². The molecule has 3 aromatic rings. The lowest BCUT2D eigenvalue weighted by Crippen LogP contribution is -2.38. The molecule has 3 aromatic carbocycles. The maximum absolute atomic E-state index is 13.3. The van der Waals surface area contributed by atoms with Gasteiger partial charge in [-0.3, -0.25) is 14.4 Å². The summed E-state index contributed by atoms with van der Waals surface area (Å²) in [5.74, 6) is -2.49. The summed E-state index contributed by atoms with van der Waals surface area (Å²) in [5, 5.41) is 0. The molecule has 1 aliphatic rings. The van der Waals surface area contributed by atoms with Crippen molar-refractivity contribution in [1.82, 2.24) is 0 Å². The first kappa shape index (κ1) is 20.5. The number of para-hydroxylation sites is 1. The molecule has 0 bridgehead atoms. The molecular formula is C26H23NO4. The summed E-state index contributed by atoms with van der Waals surface area (Å²) < 4.78 is 5.49. The SMILES string of the molecule is CN(C)c1ccc(C(CC(=O)c2ccccc2)C2C(=O)Oc3ccccc3C2=O)cc1. The Balaban J connectivity index is 1.74. The van der Waals surface area contributed by atoms with Gasteiger partial charge in [-0.25, -0.2) is 0 Å². The predicted octanol–water partition coefficient (Wildman–Crippen LogP) is 4.53. The second kappa shape index (κ2) is 8.56. The number of hydrogen-bond acceptors (Lipinski definition) is 5. The van der Waals surface area contributed by atoms with Gasteiger partial charge in [-0.05, 0) is 29.8 Å². The molecule has 0 N–H and O–H groups in total. The molecule has 1 aliphatic heterocycles. The molecule has 4 rings (SSSR count). The molecule has 0 aromatic heterocycles. The summed E-state index contributed by atoms with van der Waals surface area (Å²) in [4.78, 5) is 41.2. The lowest BCUT2D eigenvalue weighted by Gasteiger charge is -2.29. The van der Waals surface area contributed by atoms with Crippen LogP contribution in [0.25, 0.3) is 0 Å². The number of Topliss-reactive ketones (excluding diaryl/α,β-unsaturated/α-hetero) is 2. The summed E-state index contributed by atoms with van der Waals surface area (Å²) in [7, 11) is 3.87. The molecule has 0 spiro atoms. The Morgan fingerprint density at radius 1 is 0.903 bits per heavy atom. The number of fused-ring (bicyclic) bond motifs is 1. The predicted molar refractivity (Wildman–Crippen MR) is 119 cm³/mol. The third kappa shape index (κ3) is 4.12. The van der Waals surface area contributed by atoms with Crippen molar-refractivity contribution < 1.29 is 19.1 Å².